The maximum Gasteiger partial charge on any atom is 0.171 e. The molecule has 2 rings (SSSR count). The zero-order valence-corrected chi connectivity index (χ0v) is 15.6. The predicted molar refractivity (Wildman–Crippen MR) is 91.7 cm³/mol. The van der Waals surface area contributed by atoms with Crippen LogP contribution in [-0.4, -0.2) is 32.5 Å². The summed E-state index contributed by atoms with van der Waals surface area (Å²) in [4.78, 5) is 0. The minimum Gasteiger partial charge on any atom is -0.823 e. The van der Waals surface area contributed by atoms with Crippen molar-refractivity contribution in [3.8, 4) is 17.2 Å². The van der Waals surface area contributed by atoms with Gasteiger partial charge in [0, 0.05) is 6.07 Å². The summed E-state index contributed by atoms with van der Waals surface area (Å²) < 4.78 is 16.9. The van der Waals surface area contributed by atoms with Gasteiger partial charge in [-0.2, -0.15) is 0 Å². The van der Waals surface area contributed by atoms with Crippen molar-refractivity contribution < 1.29 is 19.3 Å². The number of methoxy groups -OCH3 is 3. The Bertz CT molecular complexity index is 554. The lowest BCUT2D eigenvalue weighted by Crippen LogP contribution is -2.21. The molecular formula is C16H21BrO4P-. The molecule has 0 bridgehead atoms. The lowest BCUT2D eigenvalue weighted by molar-refractivity contribution is -0.207. The van der Waals surface area contributed by atoms with E-state index in [1.165, 1.54) is 19.3 Å². The predicted octanol–water partition coefficient (Wildman–Crippen LogP) is 3.59. The van der Waals surface area contributed by atoms with Crippen LogP contribution >= 0.6 is 24.1 Å². The molecule has 1 aromatic rings. The van der Waals surface area contributed by atoms with Gasteiger partial charge in [0.2, 0.25) is 0 Å². The van der Waals surface area contributed by atoms with E-state index in [0.717, 1.165) is 21.0 Å². The van der Waals surface area contributed by atoms with E-state index in [9.17, 15) is 5.11 Å². The second-order valence-electron chi connectivity index (χ2n) is 5.23. The molecule has 0 amide bonds. The monoisotopic (exact) mass is 387 g/mol. The van der Waals surface area contributed by atoms with Crippen LogP contribution in [0.5, 0.6) is 17.2 Å². The highest BCUT2D eigenvalue weighted by Gasteiger charge is 2.20. The van der Waals surface area contributed by atoms with Gasteiger partial charge in [-0.15, -0.1) is 13.7 Å². The van der Waals surface area contributed by atoms with Gasteiger partial charge in [-0.05, 0) is 34.4 Å². The van der Waals surface area contributed by atoms with Crippen LogP contribution in [0.1, 0.15) is 37.7 Å². The van der Waals surface area contributed by atoms with Crippen LogP contribution in [0.25, 0.3) is 0 Å². The smallest absolute Gasteiger partial charge is 0.171 e. The molecule has 0 saturated heterocycles. The van der Waals surface area contributed by atoms with Gasteiger partial charge < -0.3 is 19.3 Å². The Morgan fingerprint density at radius 1 is 1.09 bits per heavy atom. The number of ether oxygens (including phenoxy) is 3. The van der Waals surface area contributed by atoms with Crippen molar-refractivity contribution in [2.45, 2.75) is 37.8 Å². The van der Waals surface area contributed by atoms with Gasteiger partial charge in [-0.25, -0.2) is 0 Å². The summed E-state index contributed by atoms with van der Waals surface area (Å²) >= 11 is 3.44. The summed E-state index contributed by atoms with van der Waals surface area (Å²) in [6, 6.07) is 1.76. The third-order valence-electron chi connectivity index (χ3n) is 3.87. The third kappa shape index (κ3) is 3.76. The maximum absolute atomic E-state index is 12.8. The van der Waals surface area contributed by atoms with E-state index >= 15 is 0 Å². The lowest BCUT2D eigenvalue weighted by Gasteiger charge is -2.25. The number of hydrogen-bond donors (Lipinski definition) is 0. The zero-order valence-electron chi connectivity index (χ0n) is 13.1. The third-order valence-corrected chi connectivity index (χ3v) is 5.80. The van der Waals surface area contributed by atoms with E-state index in [2.05, 4.69) is 15.9 Å². The van der Waals surface area contributed by atoms with Crippen molar-refractivity contribution in [2.24, 2.45) is 0 Å². The first-order valence-electron chi connectivity index (χ1n) is 7.36. The Balaban J connectivity index is 2.50. The average Bonchev–Trinajstić information content (AvgIpc) is 2.54. The van der Waals surface area contributed by atoms with Gasteiger partial charge in [0.1, 0.15) is 5.75 Å². The first-order valence-corrected chi connectivity index (χ1v) is 9.11. The van der Waals surface area contributed by atoms with Crippen molar-refractivity contribution in [1.29, 1.82) is 0 Å². The second kappa shape index (κ2) is 8.19. The summed E-state index contributed by atoms with van der Waals surface area (Å²) in [5.74, 6) is 1.47. The standard InChI is InChI=1S/C16H22BrO4P/c1-19-12-9-11(17)14(20-2)13(15(12)21-3)16(18)22-10-7-5-4-6-8-10/h9-10,18H,4-8H2,1-3H3/p-1. The number of halogens is 1. The molecule has 22 heavy (non-hydrogen) atoms. The molecular weight excluding hydrogens is 367 g/mol. The fraction of sp³-hybridized carbons (Fsp3) is 0.562. The minimum atomic E-state index is 0.0280. The van der Waals surface area contributed by atoms with Gasteiger partial charge in [0.15, 0.2) is 11.5 Å². The Hall–Kier alpha value is -0.770. The molecule has 122 valence electrons. The van der Waals surface area contributed by atoms with Crippen LogP contribution in [0.2, 0.25) is 0 Å². The molecule has 0 radical (unpaired) electrons. The molecule has 1 aromatic carbocycles. The molecule has 0 unspecified atom stereocenters. The van der Waals surface area contributed by atoms with Gasteiger partial charge in [-0.1, -0.05) is 19.3 Å². The number of benzene rings is 1. The highest BCUT2D eigenvalue weighted by Crippen LogP contribution is 2.44. The maximum atomic E-state index is 12.8. The molecule has 0 aliphatic heterocycles. The number of rotatable bonds is 5. The Labute approximate surface area is 141 Å². The van der Waals surface area contributed by atoms with Crippen LogP contribution in [0.4, 0.5) is 0 Å². The summed E-state index contributed by atoms with van der Waals surface area (Å²) in [7, 11) is 5.47. The molecule has 1 aliphatic rings. The summed E-state index contributed by atoms with van der Waals surface area (Å²) in [6.07, 6.45) is 5.92. The van der Waals surface area contributed by atoms with Crippen molar-refractivity contribution in [2.75, 3.05) is 21.3 Å². The molecule has 6 heteroatoms. The van der Waals surface area contributed by atoms with Crippen molar-refractivity contribution in [1.82, 2.24) is 0 Å². The van der Waals surface area contributed by atoms with Crippen LogP contribution < -0.4 is 19.3 Å². The summed E-state index contributed by atoms with van der Waals surface area (Å²) in [5, 5.41) is 12.8. The SMILES string of the molecule is COc1cc(Br)c(OC)c(C([O-])=PC2CCCCC2)c1OC. The zero-order chi connectivity index (χ0) is 16.1. The second-order valence-corrected chi connectivity index (χ2v) is 7.48. The fourth-order valence-corrected chi connectivity index (χ4v) is 4.64. The van der Waals surface area contributed by atoms with Gasteiger partial charge in [0.25, 0.3) is 0 Å². The molecule has 1 aliphatic carbocycles. The topological polar surface area (TPSA) is 50.8 Å². The molecule has 0 spiro atoms. The first kappa shape index (κ1) is 17.6. The highest BCUT2D eigenvalue weighted by atomic mass is 79.9. The summed E-state index contributed by atoms with van der Waals surface area (Å²) in [6.45, 7) is 0. The first-order chi connectivity index (χ1) is 10.6. The van der Waals surface area contributed by atoms with E-state index in [-0.39, 0.29) is 5.48 Å². The molecule has 0 aromatic heterocycles. The normalized spacial score (nSPS) is 16.5. The van der Waals surface area contributed by atoms with E-state index in [0.29, 0.717) is 32.9 Å². The van der Waals surface area contributed by atoms with E-state index in [4.69, 9.17) is 14.2 Å². The Morgan fingerprint density at radius 3 is 2.27 bits per heavy atom. The Kier molecular flexibility index (Phi) is 6.54. The van der Waals surface area contributed by atoms with Crippen molar-refractivity contribution in [3.63, 3.8) is 0 Å². The van der Waals surface area contributed by atoms with Crippen molar-refractivity contribution in [3.05, 3.63) is 16.1 Å². The van der Waals surface area contributed by atoms with Gasteiger partial charge >= 0.3 is 0 Å². The molecule has 0 heterocycles. The quantitative estimate of drug-likeness (QED) is 0.724. The largest absolute Gasteiger partial charge is 0.823 e. The van der Waals surface area contributed by atoms with Crippen LogP contribution in [0.3, 0.4) is 0 Å². The average molecular weight is 388 g/mol. The Morgan fingerprint density at radius 2 is 1.73 bits per heavy atom. The van der Waals surface area contributed by atoms with Crippen LogP contribution in [-0.2, 0) is 0 Å². The highest BCUT2D eigenvalue weighted by molar-refractivity contribution is 9.10. The van der Waals surface area contributed by atoms with Gasteiger partial charge in [-0.3, -0.25) is 0 Å². The van der Waals surface area contributed by atoms with Crippen molar-refractivity contribution >= 4 is 29.6 Å². The lowest BCUT2D eigenvalue weighted by atomic mass is 10.0. The molecule has 4 nitrogen and oxygen atoms in total. The van der Waals surface area contributed by atoms with E-state index in [1.54, 1.807) is 27.4 Å². The van der Waals surface area contributed by atoms with Gasteiger partial charge in [0.05, 0.1) is 31.4 Å². The van der Waals surface area contributed by atoms with E-state index < -0.39 is 0 Å². The molecule has 1 fully saturated rings. The number of hydrogen-bond acceptors (Lipinski definition) is 4. The van der Waals surface area contributed by atoms with E-state index in [1.807, 2.05) is 0 Å². The van der Waals surface area contributed by atoms with Crippen LogP contribution in [0, 0.1) is 0 Å². The summed E-state index contributed by atoms with van der Waals surface area (Å²) in [5.41, 5.74) is 0.921. The molecule has 0 atom stereocenters. The fourth-order valence-electron chi connectivity index (χ4n) is 2.78. The van der Waals surface area contributed by atoms with Crippen LogP contribution in [0.15, 0.2) is 10.5 Å². The molecule has 1 saturated carbocycles. The minimum absolute atomic E-state index is 0.0280. The molecule has 0 N–H and O–H groups in total.